The normalized spacial score (nSPS) is 18.7. The van der Waals surface area contributed by atoms with E-state index in [1.165, 1.54) is 0 Å². The van der Waals surface area contributed by atoms with Crippen molar-refractivity contribution in [1.82, 2.24) is 4.98 Å². The van der Waals surface area contributed by atoms with Gasteiger partial charge in [-0.1, -0.05) is 13.8 Å². The number of fused-ring (bicyclic) bond motifs is 1. The minimum Gasteiger partial charge on any atom is -0.481 e. The molecule has 4 nitrogen and oxygen atoms in total. The van der Waals surface area contributed by atoms with Gasteiger partial charge in [-0.2, -0.15) is 0 Å². The molecule has 100 valence electrons. The van der Waals surface area contributed by atoms with E-state index < -0.39 is 11.9 Å². The first kappa shape index (κ1) is 13.3. The van der Waals surface area contributed by atoms with E-state index in [0.717, 1.165) is 47.8 Å². The van der Waals surface area contributed by atoms with Crippen molar-refractivity contribution in [1.29, 1.82) is 0 Å². The lowest BCUT2D eigenvalue weighted by atomic mass is 9.91. The van der Waals surface area contributed by atoms with Crippen LogP contribution in [0.3, 0.4) is 0 Å². The van der Waals surface area contributed by atoms with E-state index in [9.17, 15) is 9.90 Å². The van der Waals surface area contributed by atoms with E-state index in [1.54, 1.807) is 11.3 Å². The molecule has 1 aliphatic rings. The minimum absolute atomic E-state index is 0.401. The maximum absolute atomic E-state index is 11.2. The Labute approximate surface area is 111 Å². The number of carboxylic acids is 1. The SMILES string of the molecule is CCC(CC)Nc1nc2c(s1)CCCC2C(=O)O. The molecule has 5 heteroatoms. The van der Waals surface area contributed by atoms with Crippen LogP contribution < -0.4 is 5.32 Å². The van der Waals surface area contributed by atoms with Crippen molar-refractivity contribution in [2.24, 2.45) is 0 Å². The Morgan fingerprint density at radius 2 is 2.28 bits per heavy atom. The number of hydrogen-bond donors (Lipinski definition) is 2. The summed E-state index contributed by atoms with van der Waals surface area (Å²) in [4.78, 5) is 16.9. The quantitative estimate of drug-likeness (QED) is 0.860. The third kappa shape index (κ3) is 2.66. The molecule has 2 N–H and O–H groups in total. The molecule has 18 heavy (non-hydrogen) atoms. The van der Waals surface area contributed by atoms with Gasteiger partial charge >= 0.3 is 5.97 Å². The van der Waals surface area contributed by atoms with Crippen LogP contribution in [0.4, 0.5) is 5.13 Å². The third-order valence-electron chi connectivity index (χ3n) is 3.57. The third-order valence-corrected chi connectivity index (χ3v) is 4.63. The van der Waals surface area contributed by atoms with Crippen LogP contribution in [0.2, 0.25) is 0 Å². The van der Waals surface area contributed by atoms with Crippen molar-refractivity contribution in [3.05, 3.63) is 10.6 Å². The van der Waals surface area contributed by atoms with Gasteiger partial charge < -0.3 is 10.4 Å². The smallest absolute Gasteiger partial charge is 0.312 e. The van der Waals surface area contributed by atoms with Gasteiger partial charge in [0.15, 0.2) is 5.13 Å². The summed E-state index contributed by atoms with van der Waals surface area (Å²) in [7, 11) is 0. The lowest BCUT2D eigenvalue weighted by Crippen LogP contribution is -2.18. The number of nitrogens with one attached hydrogen (secondary N) is 1. The van der Waals surface area contributed by atoms with Gasteiger partial charge in [0, 0.05) is 10.9 Å². The molecular weight excluding hydrogens is 248 g/mol. The molecule has 1 heterocycles. The van der Waals surface area contributed by atoms with E-state index in [0.29, 0.717) is 6.04 Å². The molecule has 0 aromatic carbocycles. The summed E-state index contributed by atoms with van der Waals surface area (Å²) in [6.45, 7) is 4.30. The van der Waals surface area contributed by atoms with Gasteiger partial charge in [0.1, 0.15) is 5.92 Å². The van der Waals surface area contributed by atoms with E-state index in [2.05, 4.69) is 24.1 Å². The highest BCUT2D eigenvalue weighted by Crippen LogP contribution is 2.37. The minimum atomic E-state index is -0.740. The maximum atomic E-state index is 11.2. The second-order valence-electron chi connectivity index (χ2n) is 4.77. The van der Waals surface area contributed by atoms with Crippen LogP contribution in [0.15, 0.2) is 0 Å². The van der Waals surface area contributed by atoms with Crippen LogP contribution in [-0.2, 0) is 11.2 Å². The van der Waals surface area contributed by atoms with Crippen molar-refractivity contribution in [2.75, 3.05) is 5.32 Å². The molecule has 1 atom stereocenters. The Hall–Kier alpha value is -1.10. The zero-order valence-electron chi connectivity index (χ0n) is 10.9. The molecule has 0 amide bonds. The number of aliphatic carboxylic acids is 1. The zero-order chi connectivity index (χ0) is 13.1. The van der Waals surface area contributed by atoms with Crippen molar-refractivity contribution in [3.63, 3.8) is 0 Å². The van der Waals surface area contributed by atoms with Crippen LogP contribution in [0.1, 0.15) is 56.0 Å². The standard InChI is InChI=1S/C13H20N2O2S/c1-3-8(4-2)14-13-15-11-9(12(16)17)6-5-7-10(11)18-13/h8-9H,3-7H2,1-2H3,(H,14,15)(H,16,17). The molecule has 2 rings (SSSR count). The van der Waals surface area contributed by atoms with E-state index >= 15 is 0 Å². The van der Waals surface area contributed by atoms with Crippen LogP contribution >= 0.6 is 11.3 Å². The number of hydrogen-bond acceptors (Lipinski definition) is 4. The molecule has 1 unspecified atom stereocenters. The van der Waals surface area contributed by atoms with Crippen molar-refractivity contribution in [3.8, 4) is 0 Å². The number of carboxylic acid groups (broad SMARTS) is 1. The summed E-state index contributed by atoms with van der Waals surface area (Å²) in [6, 6.07) is 0.431. The Morgan fingerprint density at radius 3 is 2.89 bits per heavy atom. The first-order valence-corrected chi connectivity index (χ1v) is 7.46. The Bertz CT molecular complexity index is 427. The molecule has 1 aliphatic carbocycles. The second kappa shape index (κ2) is 5.69. The van der Waals surface area contributed by atoms with Gasteiger partial charge in [0.25, 0.3) is 0 Å². The highest BCUT2D eigenvalue weighted by molar-refractivity contribution is 7.15. The fourth-order valence-corrected chi connectivity index (χ4v) is 3.53. The maximum Gasteiger partial charge on any atom is 0.312 e. The summed E-state index contributed by atoms with van der Waals surface area (Å²) in [5.74, 6) is -1.14. The molecule has 1 aromatic rings. The monoisotopic (exact) mass is 268 g/mol. The predicted octanol–water partition coefficient (Wildman–Crippen LogP) is 3.25. The fraction of sp³-hybridized carbons (Fsp3) is 0.692. The zero-order valence-corrected chi connectivity index (χ0v) is 11.7. The number of thiazole rings is 1. The van der Waals surface area contributed by atoms with Gasteiger partial charge in [-0.05, 0) is 32.1 Å². The van der Waals surface area contributed by atoms with Gasteiger partial charge in [0.2, 0.25) is 0 Å². The number of anilines is 1. The molecule has 0 fully saturated rings. The molecule has 0 radical (unpaired) electrons. The lowest BCUT2D eigenvalue weighted by Gasteiger charge is -2.16. The predicted molar refractivity (Wildman–Crippen MR) is 73.4 cm³/mol. The fourth-order valence-electron chi connectivity index (χ4n) is 2.39. The topological polar surface area (TPSA) is 62.2 Å². The number of rotatable bonds is 5. The van der Waals surface area contributed by atoms with E-state index in [-0.39, 0.29) is 0 Å². The Morgan fingerprint density at radius 1 is 1.56 bits per heavy atom. The molecule has 0 saturated heterocycles. The summed E-state index contributed by atoms with van der Waals surface area (Å²) in [5, 5.41) is 13.5. The van der Waals surface area contributed by atoms with Gasteiger partial charge in [0.05, 0.1) is 5.69 Å². The summed E-state index contributed by atoms with van der Waals surface area (Å²) < 4.78 is 0. The average molecular weight is 268 g/mol. The van der Waals surface area contributed by atoms with Crippen LogP contribution in [0.25, 0.3) is 0 Å². The largest absolute Gasteiger partial charge is 0.481 e. The van der Waals surface area contributed by atoms with Crippen molar-refractivity contribution >= 4 is 22.4 Å². The lowest BCUT2D eigenvalue weighted by molar-refractivity contribution is -0.139. The first-order chi connectivity index (χ1) is 8.65. The molecule has 0 aliphatic heterocycles. The highest BCUT2D eigenvalue weighted by atomic mass is 32.1. The molecule has 0 saturated carbocycles. The van der Waals surface area contributed by atoms with Crippen molar-refractivity contribution < 1.29 is 9.90 Å². The summed E-state index contributed by atoms with van der Waals surface area (Å²) in [6.07, 6.45) is 4.76. The molecule has 0 spiro atoms. The van der Waals surface area contributed by atoms with Crippen molar-refractivity contribution in [2.45, 2.75) is 57.9 Å². The number of aromatic nitrogens is 1. The van der Waals surface area contributed by atoms with Gasteiger partial charge in [-0.3, -0.25) is 4.79 Å². The average Bonchev–Trinajstić information content (AvgIpc) is 2.77. The van der Waals surface area contributed by atoms with Crippen LogP contribution in [0, 0.1) is 0 Å². The first-order valence-electron chi connectivity index (χ1n) is 6.64. The van der Waals surface area contributed by atoms with E-state index in [1.807, 2.05) is 0 Å². The summed E-state index contributed by atoms with van der Waals surface area (Å²) >= 11 is 1.63. The highest BCUT2D eigenvalue weighted by Gasteiger charge is 2.30. The van der Waals surface area contributed by atoms with Gasteiger partial charge in [-0.25, -0.2) is 4.98 Å². The van der Waals surface area contributed by atoms with Crippen LogP contribution in [0.5, 0.6) is 0 Å². The molecular formula is C13H20N2O2S. The molecule has 1 aromatic heterocycles. The Kier molecular flexibility index (Phi) is 4.22. The van der Waals surface area contributed by atoms with Gasteiger partial charge in [-0.15, -0.1) is 11.3 Å². The number of aryl methyl sites for hydroxylation is 1. The number of carbonyl (C=O) groups is 1. The second-order valence-corrected chi connectivity index (χ2v) is 5.85. The van der Waals surface area contributed by atoms with Crippen LogP contribution in [-0.4, -0.2) is 22.1 Å². The summed E-state index contributed by atoms with van der Waals surface area (Å²) in [5.41, 5.74) is 0.798. The molecule has 0 bridgehead atoms. The van der Waals surface area contributed by atoms with E-state index in [4.69, 9.17) is 0 Å². The number of nitrogens with zero attached hydrogens (tertiary/aromatic N) is 1. The Balaban J connectivity index is 2.19.